The van der Waals surface area contributed by atoms with E-state index in [0.29, 0.717) is 17.4 Å². The molecule has 2 N–H and O–H groups in total. The molecule has 0 bridgehead atoms. The van der Waals surface area contributed by atoms with Gasteiger partial charge in [0.2, 0.25) is 0 Å². The van der Waals surface area contributed by atoms with Crippen molar-refractivity contribution in [2.45, 2.75) is 45.2 Å². The molecule has 0 saturated heterocycles. The van der Waals surface area contributed by atoms with Crippen LogP contribution in [0.3, 0.4) is 0 Å². The molecule has 1 amide bonds. The van der Waals surface area contributed by atoms with E-state index in [1.54, 1.807) is 0 Å². The van der Waals surface area contributed by atoms with Crippen LogP contribution in [0.4, 0.5) is 11.4 Å². The predicted molar refractivity (Wildman–Crippen MR) is 145 cm³/mol. The summed E-state index contributed by atoms with van der Waals surface area (Å²) in [6, 6.07) is 25.3. The smallest absolute Gasteiger partial charge is 0.253 e. The number of rotatable bonds is 7. The van der Waals surface area contributed by atoms with Crippen molar-refractivity contribution in [1.29, 1.82) is 0 Å². The summed E-state index contributed by atoms with van der Waals surface area (Å²) < 4.78 is 0. The first-order valence-electron chi connectivity index (χ1n) is 12.9. The molecule has 4 unspecified atom stereocenters. The minimum Gasteiger partial charge on any atom is -0.377 e. The number of anilines is 2. The summed E-state index contributed by atoms with van der Waals surface area (Å²) in [5, 5.41) is 7.02. The van der Waals surface area contributed by atoms with Crippen LogP contribution in [-0.2, 0) is 0 Å². The second kappa shape index (κ2) is 9.99. The second-order valence-corrected chi connectivity index (χ2v) is 9.61. The molecular formula is C31H35N3O. The molecule has 0 saturated carbocycles. The molecule has 0 fully saturated rings. The van der Waals surface area contributed by atoms with Crippen molar-refractivity contribution in [2.75, 3.05) is 23.3 Å². The average Bonchev–Trinajstić information content (AvgIpc) is 3.40. The highest BCUT2D eigenvalue weighted by Crippen LogP contribution is 2.50. The maximum atomic E-state index is 13.4. The van der Waals surface area contributed by atoms with Gasteiger partial charge in [0.05, 0.1) is 23.3 Å². The van der Waals surface area contributed by atoms with Crippen molar-refractivity contribution in [3.8, 4) is 0 Å². The number of carbonyl (C=O) groups excluding carboxylic acids is 1. The van der Waals surface area contributed by atoms with Crippen LogP contribution in [0.15, 0.2) is 84.9 Å². The SMILES string of the molecule is CCN(CC)c1ccc(C2Nc3c(C(=O)NC(C)c4ccccc4)cccc3C3C=CCC32)cc1. The largest absolute Gasteiger partial charge is 0.377 e. The Kier molecular flexibility index (Phi) is 6.63. The number of nitrogens with zero attached hydrogens (tertiary/aromatic N) is 1. The minimum absolute atomic E-state index is 0.0400. The number of fused-ring (bicyclic) bond motifs is 3. The molecule has 1 heterocycles. The summed E-state index contributed by atoms with van der Waals surface area (Å²) in [7, 11) is 0. The minimum atomic E-state index is -0.0642. The van der Waals surface area contributed by atoms with Gasteiger partial charge in [0.1, 0.15) is 0 Å². The number of nitrogens with one attached hydrogen (secondary N) is 2. The molecule has 0 spiro atoms. The van der Waals surface area contributed by atoms with E-state index in [0.717, 1.165) is 30.8 Å². The zero-order valence-electron chi connectivity index (χ0n) is 20.9. The lowest BCUT2D eigenvalue weighted by molar-refractivity contribution is 0.0940. The lowest BCUT2D eigenvalue weighted by atomic mass is 9.76. The Morgan fingerprint density at radius 1 is 1.00 bits per heavy atom. The van der Waals surface area contributed by atoms with Crippen molar-refractivity contribution in [3.05, 3.63) is 107 Å². The highest BCUT2D eigenvalue weighted by Gasteiger charge is 2.39. The van der Waals surface area contributed by atoms with Crippen LogP contribution in [0.25, 0.3) is 0 Å². The van der Waals surface area contributed by atoms with E-state index in [2.05, 4.69) is 84.0 Å². The summed E-state index contributed by atoms with van der Waals surface area (Å²) in [6.45, 7) is 8.42. The molecule has 3 aromatic carbocycles. The standard InChI is InChI=1S/C31H35N3O/c1-4-34(5-2)24-19-17-23(18-20-24)29-26-14-9-13-25(26)27-15-10-16-28(30(27)33-29)31(35)32-21(3)22-11-7-6-8-12-22/h6-13,15-21,25-26,29,33H,4-5,14H2,1-3H3,(H,32,35). The molecule has 5 rings (SSSR count). The summed E-state index contributed by atoms with van der Waals surface area (Å²) >= 11 is 0. The molecule has 3 aromatic rings. The van der Waals surface area contributed by atoms with Gasteiger partial charge in [0.15, 0.2) is 0 Å². The van der Waals surface area contributed by atoms with Gasteiger partial charge in [-0.2, -0.15) is 0 Å². The molecule has 1 aliphatic heterocycles. The average molecular weight is 466 g/mol. The lowest BCUT2D eigenvalue weighted by Crippen LogP contribution is -2.33. The number of hydrogen-bond acceptors (Lipinski definition) is 3. The summed E-state index contributed by atoms with van der Waals surface area (Å²) in [5.74, 6) is 0.725. The van der Waals surface area contributed by atoms with Gasteiger partial charge in [0.25, 0.3) is 5.91 Å². The van der Waals surface area contributed by atoms with Gasteiger partial charge in [-0.3, -0.25) is 4.79 Å². The third-order valence-electron chi connectivity index (χ3n) is 7.67. The number of amides is 1. The van der Waals surface area contributed by atoms with Crippen LogP contribution in [0.2, 0.25) is 0 Å². The Morgan fingerprint density at radius 3 is 2.46 bits per heavy atom. The van der Waals surface area contributed by atoms with Gasteiger partial charge >= 0.3 is 0 Å². The Labute approximate surface area is 209 Å². The zero-order valence-corrected chi connectivity index (χ0v) is 20.9. The molecule has 4 nitrogen and oxygen atoms in total. The van der Waals surface area contributed by atoms with Gasteiger partial charge in [0, 0.05) is 24.7 Å². The first kappa shape index (κ1) is 23.2. The molecule has 1 aliphatic carbocycles. The number of para-hydroxylation sites is 1. The maximum absolute atomic E-state index is 13.4. The van der Waals surface area contributed by atoms with Crippen molar-refractivity contribution in [2.24, 2.45) is 5.92 Å². The molecule has 0 aromatic heterocycles. The lowest BCUT2D eigenvalue weighted by Gasteiger charge is -2.38. The molecule has 2 aliphatic rings. The summed E-state index contributed by atoms with van der Waals surface area (Å²) in [4.78, 5) is 15.8. The van der Waals surface area contributed by atoms with E-state index >= 15 is 0 Å². The highest BCUT2D eigenvalue weighted by atomic mass is 16.1. The molecule has 0 radical (unpaired) electrons. The normalized spacial score (nSPS) is 20.9. The third kappa shape index (κ3) is 4.45. The van der Waals surface area contributed by atoms with E-state index in [9.17, 15) is 4.79 Å². The molecule has 35 heavy (non-hydrogen) atoms. The maximum Gasteiger partial charge on any atom is 0.253 e. The van der Waals surface area contributed by atoms with Gasteiger partial charge < -0.3 is 15.5 Å². The van der Waals surface area contributed by atoms with E-state index in [-0.39, 0.29) is 18.0 Å². The van der Waals surface area contributed by atoms with Gasteiger partial charge in [-0.05, 0) is 68.0 Å². The van der Waals surface area contributed by atoms with Gasteiger partial charge in [-0.1, -0.05) is 66.7 Å². The quantitative estimate of drug-likeness (QED) is 0.375. The van der Waals surface area contributed by atoms with Crippen LogP contribution in [0.5, 0.6) is 0 Å². The van der Waals surface area contributed by atoms with E-state index in [1.807, 2.05) is 37.3 Å². The summed E-state index contributed by atoms with van der Waals surface area (Å²) in [6.07, 6.45) is 5.67. The van der Waals surface area contributed by atoms with Gasteiger partial charge in [-0.25, -0.2) is 0 Å². The first-order valence-corrected chi connectivity index (χ1v) is 12.9. The number of carbonyl (C=O) groups is 1. The zero-order chi connectivity index (χ0) is 24.4. The predicted octanol–water partition coefficient (Wildman–Crippen LogP) is 6.85. The fourth-order valence-electron chi connectivity index (χ4n) is 5.72. The highest BCUT2D eigenvalue weighted by molar-refractivity contribution is 6.01. The van der Waals surface area contributed by atoms with Crippen LogP contribution in [0.1, 0.15) is 72.2 Å². The second-order valence-electron chi connectivity index (χ2n) is 9.61. The van der Waals surface area contributed by atoms with Crippen LogP contribution < -0.4 is 15.5 Å². The van der Waals surface area contributed by atoms with E-state index in [1.165, 1.54) is 16.8 Å². The Hall–Kier alpha value is -3.53. The number of allylic oxidation sites excluding steroid dienone is 2. The first-order chi connectivity index (χ1) is 17.1. The van der Waals surface area contributed by atoms with Crippen LogP contribution in [-0.4, -0.2) is 19.0 Å². The van der Waals surface area contributed by atoms with Gasteiger partial charge in [-0.15, -0.1) is 0 Å². The fraction of sp³-hybridized carbons (Fsp3) is 0.323. The van der Waals surface area contributed by atoms with E-state index < -0.39 is 0 Å². The fourth-order valence-corrected chi connectivity index (χ4v) is 5.72. The topological polar surface area (TPSA) is 44.4 Å². The van der Waals surface area contributed by atoms with Crippen molar-refractivity contribution < 1.29 is 4.79 Å². The van der Waals surface area contributed by atoms with Crippen molar-refractivity contribution in [3.63, 3.8) is 0 Å². The Balaban J connectivity index is 1.45. The molecular weight excluding hydrogens is 430 g/mol. The number of benzene rings is 3. The van der Waals surface area contributed by atoms with Crippen molar-refractivity contribution in [1.82, 2.24) is 5.32 Å². The summed E-state index contributed by atoms with van der Waals surface area (Å²) in [5.41, 5.74) is 6.54. The molecule has 4 atom stereocenters. The third-order valence-corrected chi connectivity index (χ3v) is 7.67. The monoisotopic (exact) mass is 465 g/mol. The van der Waals surface area contributed by atoms with E-state index in [4.69, 9.17) is 0 Å². The number of hydrogen-bond donors (Lipinski definition) is 2. The Bertz CT molecular complexity index is 1200. The Morgan fingerprint density at radius 2 is 1.74 bits per heavy atom. The molecule has 180 valence electrons. The van der Waals surface area contributed by atoms with Crippen LogP contribution in [0, 0.1) is 5.92 Å². The molecule has 4 heteroatoms. The van der Waals surface area contributed by atoms with Crippen LogP contribution >= 0.6 is 0 Å². The van der Waals surface area contributed by atoms with Crippen molar-refractivity contribution >= 4 is 17.3 Å².